The summed E-state index contributed by atoms with van der Waals surface area (Å²) in [6, 6.07) is 15.3. The van der Waals surface area contributed by atoms with E-state index in [0.29, 0.717) is 6.54 Å². The number of aliphatic imine (C=N–C) groups is 1. The summed E-state index contributed by atoms with van der Waals surface area (Å²) in [4.78, 5) is 6.61. The third-order valence-corrected chi connectivity index (χ3v) is 4.21. The van der Waals surface area contributed by atoms with E-state index in [1.165, 1.54) is 0 Å². The lowest BCUT2D eigenvalue weighted by Crippen LogP contribution is -2.38. The van der Waals surface area contributed by atoms with E-state index in [1.54, 1.807) is 14.2 Å². The van der Waals surface area contributed by atoms with Gasteiger partial charge in [-0.15, -0.1) is 24.0 Å². The van der Waals surface area contributed by atoms with Gasteiger partial charge in [-0.1, -0.05) is 30.3 Å². The lowest BCUT2D eigenvalue weighted by atomic mass is 10.1. The van der Waals surface area contributed by atoms with Gasteiger partial charge in [0.15, 0.2) is 5.96 Å². The Morgan fingerprint density at radius 1 is 1.11 bits per heavy atom. The first-order valence-corrected chi connectivity index (χ1v) is 9.02. The molecule has 0 aliphatic heterocycles. The van der Waals surface area contributed by atoms with E-state index >= 15 is 0 Å². The fourth-order valence-corrected chi connectivity index (χ4v) is 2.74. The third-order valence-electron chi connectivity index (χ3n) is 4.21. The summed E-state index contributed by atoms with van der Waals surface area (Å²) in [6.07, 6.45) is -0.677. The van der Waals surface area contributed by atoms with Crippen LogP contribution in [0.4, 0.5) is 0 Å². The van der Waals surface area contributed by atoms with Gasteiger partial charge in [-0.05, 0) is 30.7 Å². The maximum atomic E-state index is 10.4. The second-order valence-corrected chi connectivity index (χ2v) is 6.15. The van der Waals surface area contributed by atoms with Crippen molar-refractivity contribution in [1.29, 1.82) is 0 Å². The quantitative estimate of drug-likeness (QED) is 0.331. The number of ether oxygens (including phenoxy) is 2. The zero-order chi connectivity index (χ0) is 19.6. The van der Waals surface area contributed by atoms with Crippen molar-refractivity contribution < 1.29 is 14.6 Å². The van der Waals surface area contributed by atoms with Crippen molar-refractivity contribution in [3.05, 3.63) is 59.7 Å². The summed E-state index contributed by atoms with van der Waals surface area (Å²) in [5.74, 6) is 2.34. The van der Waals surface area contributed by atoms with Crippen LogP contribution in [0.15, 0.2) is 53.5 Å². The van der Waals surface area contributed by atoms with Crippen molar-refractivity contribution >= 4 is 29.9 Å². The van der Waals surface area contributed by atoms with Gasteiger partial charge in [0.25, 0.3) is 0 Å². The molecule has 0 amide bonds. The molecular weight excluding hydrogens is 469 g/mol. The van der Waals surface area contributed by atoms with Gasteiger partial charge < -0.3 is 24.8 Å². The molecule has 28 heavy (non-hydrogen) atoms. The number of benzene rings is 2. The number of nitrogens with zero attached hydrogens (tertiary/aromatic N) is 2. The molecule has 2 aromatic carbocycles. The Balaban J connectivity index is 0.00000392. The molecular formula is C21H30IN3O3. The number of halogens is 1. The fourth-order valence-electron chi connectivity index (χ4n) is 2.74. The van der Waals surface area contributed by atoms with Crippen LogP contribution in [-0.2, 0) is 6.54 Å². The van der Waals surface area contributed by atoms with E-state index < -0.39 is 6.10 Å². The first-order valence-electron chi connectivity index (χ1n) is 9.02. The molecule has 1 atom stereocenters. The van der Waals surface area contributed by atoms with E-state index in [9.17, 15) is 5.11 Å². The summed E-state index contributed by atoms with van der Waals surface area (Å²) in [5, 5.41) is 13.7. The van der Waals surface area contributed by atoms with Gasteiger partial charge in [-0.25, -0.2) is 0 Å². The Bertz CT molecular complexity index is 738. The summed E-state index contributed by atoms with van der Waals surface area (Å²) < 4.78 is 10.6. The van der Waals surface area contributed by atoms with E-state index in [4.69, 9.17) is 9.47 Å². The molecule has 0 fully saturated rings. The van der Waals surface area contributed by atoms with Crippen LogP contribution < -0.4 is 14.8 Å². The van der Waals surface area contributed by atoms with Gasteiger partial charge in [-0.2, -0.15) is 0 Å². The Morgan fingerprint density at radius 2 is 1.79 bits per heavy atom. The van der Waals surface area contributed by atoms with Gasteiger partial charge in [0, 0.05) is 25.7 Å². The van der Waals surface area contributed by atoms with Gasteiger partial charge >= 0.3 is 0 Å². The van der Waals surface area contributed by atoms with Gasteiger partial charge in [0.05, 0.1) is 26.9 Å². The standard InChI is InChI=1S/C21H29N3O3.HI/c1-5-22-21(24(2)15-17-8-6-7-9-20(17)27-4)23-14-19(25)16-10-12-18(26-3)13-11-16;/h6-13,19,25H,5,14-15H2,1-4H3,(H,22,23);1H. The van der Waals surface area contributed by atoms with E-state index in [0.717, 1.165) is 35.1 Å². The molecule has 2 rings (SSSR count). The molecule has 154 valence electrons. The minimum atomic E-state index is -0.677. The highest BCUT2D eigenvalue weighted by Gasteiger charge is 2.12. The van der Waals surface area contributed by atoms with Crippen molar-refractivity contribution in [2.75, 3.05) is 34.4 Å². The number of aliphatic hydroxyl groups excluding tert-OH is 1. The monoisotopic (exact) mass is 499 g/mol. The molecule has 0 heterocycles. The van der Waals surface area contributed by atoms with Crippen LogP contribution in [0.5, 0.6) is 11.5 Å². The minimum Gasteiger partial charge on any atom is -0.497 e. The second kappa shape index (κ2) is 12.5. The first kappa shape index (κ1) is 24.0. The molecule has 0 aromatic heterocycles. The second-order valence-electron chi connectivity index (χ2n) is 6.15. The summed E-state index contributed by atoms with van der Waals surface area (Å²) >= 11 is 0. The number of hydrogen-bond donors (Lipinski definition) is 2. The van der Waals surface area contributed by atoms with Crippen molar-refractivity contribution in [1.82, 2.24) is 10.2 Å². The van der Waals surface area contributed by atoms with Crippen LogP contribution in [0.3, 0.4) is 0 Å². The number of aliphatic hydroxyl groups is 1. The smallest absolute Gasteiger partial charge is 0.194 e. The minimum absolute atomic E-state index is 0. The summed E-state index contributed by atoms with van der Waals surface area (Å²) in [5.41, 5.74) is 1.88. The Morgan fingerprint density at radius 3 is 2.39 bits per heavy atom. The Labute approximate surface area is 184 Å². The predicted octanol–water partition coefficient (Wildman–Crippen LogP) is 3.45. The highest BCUT2D eigenvalue weighted by Crippen LogP contribution is 2.20. The molecule has 0 saturated heterocycles. The molecule has 1 unspecified atom stereocenters. The SMILES string of the molecule is CCNC(=NCC(O)c1ccc(OC)cc1)N(C)Cc1ccccc1OC.I. The lowest BCUT2D eigenvalue weighted by Gasteiger charge is -2.23. The summed E-state index contributed by atoms with van der Waals surface area (Å²) in [6.45, 7) is 3.68. The molecule has 0 bridgehead atoms. The molecule has 0 radical (unpaired) electrons. The average molecular weight is 499 g/mol. The number of guanidine groups is 1. The maximum absolute atomic E-state index is 10.4. The van der Waals surface area contributed by atoms with Crippen LogP contribution in [0.25, 0.3) is 0 Å². The number of hydrogen-bond acceptors (Lipinski definition) is 4. The third kappa shape index (κ3) is 6.87. The Hall–Kier alpha value is -2.00. The number of nitrogens with one attached hydrogen (secondary N) is 1. The topological polar surface area (TPSA) is 66.3 Å². The lowest BCUT2D eigenvalue weighted by molar-refractivity contribution is 0.186. The molecule has 0 aliphatic carbocycles. The van der Waals surface area contributed by atoms with Gasteiger partial charge in [0.1, 0.15) is 11.5 Å². The highest BCUT2D eigenvalue weighted by atomic mass is 127. The van der Waals surface area contributed by atoms with E-state index in [1.807, 2.05) is 67.4 Å². The normalized spacial score (nSPS) is 12.0. The van der Waals surface area contributed by atoms with Crippen LogP contribution in [0.1, 0.15) is 24.2 Å². The average Bonchev–Trinajstić information content (AvgIpc) is 2.71. The zero-order valence-electron chi connectivity index (χ0n) is 16.9. The van der Waals surface area contributed by atoms with Crippen LogP contribution in [0, 0.1) is 0 Å². The molecule has 0 aliphatic rings. The van der Waals surface area contributed by atoms with Crippen molar-refractivity contribution in [3.8, 4) is 11.5 Å². The van der Waals surface area contributed by atoms with Crippen LogP contribution >= 0.6 is 24.0 Å². The Kier molecular flexibility index (Phi) is 10.7. The van der Waals surface area contributed by atoms with E-state index in [2.05, 4.69) is 10.3 Å². The zero-order valence-corrected chi connectivity index (χ0v) is 19.2. The van der Waals surface area contributed by atoms with Crippen LogP contribution in [0.2, 0.25) is 0 Å². The van der Waals surface area contributed by atoms with Gasteiger partial charge in [-0.3, -0.25) is 4.99 Å². The summed E-state index contributed by atoms with van der Waals surface area (Å²) in [7, 11) is 5.26. The first-order chi connectivity index (χ1) is 13.1. The van der Waals surface area contributed by atoms with Crippen molar-refractivity contribution in [2.24, 2.45) is 4.99 Å². The molecule has 7 heteroatoms. The van der Waals surface area contributed by atoms with E-state index in [-0.39, 0.29) is 30.5 Å². The predicted molar refractivity (Wildman–Crippen MR) is 124 cm³/mol. The number of rotatable bonds is 8. The number of para-hydroxylation sites is 1. The largest absolute Gasteiger partial charge is 0.497 e. The van der Waals surface area contributed by atoms with Crippen LogP contribution in [-0.4, -0.2) is 50.3 Å². The molecule has 2 N–H and O–H groups in total. The molecule has 6 nitrogen and oxygen atoms in total. The van der Waals surface area contributed by atoms with Crippen molar-refractivity contribution in [2.45, 2.75) is 19.6 Å². The molecule has 2 aromatic rings. The molecule has 0 spiro atoms. The molecule has 0 saturated carbocycles. The highest BCUT2D eigenvalue weighted by molar-refractivity contribution is 14.0. The maximum Gasteiger partial charge on any atom is 0.194 e. The number of methoxy groups -OCH3 is 2. The van der Waals surface area contributed by atoms with Gasteiger partial charge in [0.2, 0.25) is 0 Å². The van der Waals surface area contributed by atoms with Crippen molar-refractivity contribution in [3.63, 3.8) is 0 Å². The fraction of sp³-hybridized carbons (Fsp3) is 0.381.